The van der Waals surface area contributed by atoms with Gasteiger partial charge < -0.3 is 21.1 Å². The molecule has 0 spiro atoms. The molecule has 146 valence electrons. The van der Waals surface area contributed by atoms with Gasteiger partial charge in [-0.2, -0.15) is 0 Å². The van der Waals surface area contributed by atoms with E-state index in [2.05, 4.69) is 6.92 Å². The molecule has 0 aliphatic rings. The summed E-state index contributed by atoms with van der Waals surface area (Å²) in [6, 6.07) is -0.968. The van der Waals surface area contributed by atoms with Crippen LogP contribution in [0.2, 0.25) is 0 Å². The molecule has 0 aromatic rings. The minimum absolute atomic E-state index is 0.446. The molecule has 0 saturated heterocycles. The summed E-state index contributed by atoms with van der Waals surface area (Å²) < 4.78 is 0. The normalized spacial score (nSPS) is 13.4. The van der Waals surface area contributed by atoms with Crippen LogP contribution in [0.1, 0.15) is 116 Å². The molecule has 4 nitrogen and oxygen atoms in total. The van der Waals surface area contributed by atoms with Gasteiger partial charge in [0.1, 0.15) is 0 Å². The summed E-state index contributed by atoms with van der Waals surface area (Å²) in [6.45, 7) is 2.27. The molecule has 5 N–H and O–H groups in total. The van der Waals surface area contributed by atoms with Gasteiger partial charge in [-0.15, -0.1) is 0 Å². The minimum Gasteiger partial charge on any atom is -0.342 e. The Balaban J connectivity index is 3.10. The molecule has 0 aromatic carbocycles. The topological polar surface area (TPSA) is 86.7 Å². The lowest BCUT2D eigenvalue weighted by Crippen LogP contribution is -2.47. The average molecular weight is 346 g/mol. The second-order valence-corrected chi connectivity index (χ2v) is 7.39. The van der Waals surface area contributed by atoms with Gasteiger partial charge in [0.15, 0.2) is 0 Å². The Kier molecular flexibility index (Phi) is 16.2. The SMILES string of the molecule is CCCCCCCCCCCCCCCCCCC(N)C(O)(O)O. The van der Waals surface area contributed by atoms with Gasteiger partial charge in [-0.1, -0.05) is 110 Å². The summed E-state index contributed by atoms with van der Waals surface area (Å²) in [6.07, 6.45) is 21.4. The first-order valence-corrected chi connectivity index (χ1v) is 10.4. The zero-order valence-electron chi connectivity index (χ0n) is 16.0. The molecule has 24 heavy (non-hydrogen) atoms. The van der Waals surface area contributed by atoms with Gasteiger partial charge in [-0.3, -0.25) is 0 Å². The van der Waals surface area contributed by atoms with E-state index in [0.29, 0.717) is 6.42 Å². The average Bonchev–Trinajstić information content (AvgIpc) is 2.53. The second kappa shape index (κ2) is 16.3. The maximum atomic E-state index is 8.90. The summed E-state index contributed by atoms with van der Waals surface area (Å²) in [7, 11) is 0. The highest BCUT2D eigenvalue weighted by atomic mass is 16.7. The van der Waals surface area contributed by atoms with Gasteiger partial charge in [0.25, 0.3) is 5.97 Å². The number of hydrogen-bond acceptors (Lipinski definition) is 4. The summed E-state index contributed by atoms with van der Waals surface area (Å²) in [5.74, 6) is -2.73. The Bertz CT molecular complexity index is 254. The lowest BCUT2D eigenvalue weighted by atomic mass is 10.0. The predicted octanol–water partition coefficient (Wildman–Crippen LogP) is 4.60. The van der Waals surface area contributed by atoms with Crippen molar-refractivity contribution in [3.63, 3.8) is 0 Å². The minimum atomic E-state index is -2.73. The van der Waals surface area contributed by atoms with Crippen molar-refractivity contribution in [2.75, 3.05) is 0 Å². The molecular weight excluding hydrogens is 302 g/mol. The van der Waals surface area contributed by atoms with Crippen LogP contribution in [0.5, 0.6) is 0 Å². The van der Waals surface area contributed by atoms with E-state index in [-0.39, 0.29) is 0 Å². The molecule has 0 amide bonds. The van der Waals surface area contributed by atoms with Crippen LogP contribution in [0.3, 0.4) is 0 Å². The Morgan fingerprint density at radius 2 is 0.875 bits per heavy atom. The van der Waals surface area contributed by atoms with Crippen LogP contribution in [0.15, 0.2) is 0 Å². The molecule has 0 heterocycles. The van der Waals surface area contributed by atoms with Crippen LogP contribution < -0.4 is 5.73 Å². The number of nitrogens with two attached hydrogens (primary N) is 1. The van der Waals surface area contributed by atoms with Crippen molar-refractivity contribution < 1.29 is 15.3 Å². The van der Waals surface area contributed by atoms with E-state index in [1.165, 1.54) is 89.9 Å². The number of unbranched alkanes of at least 4 members (excludes halogenated alkanes) is 15. The molecule has 0 aliphatic carbocycles. The van der Waals surface area contributed by atoms with Crippen LogP contribution in [0, 0.1) is 0 Å². The Morgan fingerprint density at radius 3 is 1.17 bits per heavy atom. The zero-order valence-corrected chi connectivity index (χ0v) is 16.0. The highest BCUT2D eigenvalue weighted by Crippen LogP contribution is 2.15. The molecule has 4 heteroatoms. The van der Waals surface area contributed by atoms with Gasteiger partial charge in [0, 0.05) is 0 Å². The van der Waals surface area contributed by atoms with E-state index in [0.717, 1.165) is 12.8 Å². The fraction of sp³-hybridized carbons (Fsp3) is 1.00. The van der Waals surface area contributed by atoms with Crippen LogP contribution in [-0.4, -0.2) is 27.3 Å². The number of rotatable bonds is 18. The first-order valence-electron chi connectivity index (χ1n) is 10.4. The van der Waals surface area contributed by atoms with Crippen LogP contribution in [0.4, 0.5) is 0 Å². The van der Waals surface area contributed by atoms with Gasteiger partial charge in [-0.25, -0.2) is 0 Å². The van der Waals surface area contributed by atoms with Crippen LogP contribution in [0.25, 0.3) is 0 Å². The molecule has 1 atom stereocenters. The van der Waals surface area contributed by atoms with Gasteiger partial charge >= 0.3 is 0 Å². The van der Waals surface area contributed by atoms with Crippen molar-refractivity contribution in [1.29, 1.82) is 0 Å². The van der Waals surface area contributed by atoms with Gasteiger partial charge in [-0.05, 0) is 6.42 Å². The van der Waals surface area contributed by atoms with Crippen molar-refractivity contribution in [1.82, 2.24) is 0 Å². The highest BCUT2D eigenvalue weighted by Gasteiger charge is 2.27. The predicted molar refractivity (Wildman–Crippen MR) is 102 cm³/mol. The third-order valence-corrected chi connectivity index (χ3v) is 4.87. The standard InChI is InChI=1S/C20H43NO3/c1-2-3-4-5-6-7-8-9-10-11-12-13-14-15-16-17-18-19(21)20(22,23)24/h19,22-24H,2-18,21H2,1H3. The smallest absolute Gasteiger partial charge is 0.291 e. The molecule has 0 aliphatic heterocycles. The first-order chi connectivity index (χ1) is 11.5. The first kappa shape index (κ1) is 23.8. The van der Waals surface area contributed by atoms with Gasteiger partial charge in [0.2, 0.25) is 0 Å². The molecular formula is C20H43NO3. The number of hydrogen-bond donors (Lipinski definition) is 4. The third-order valence-electron chi connectivity index (χ3n) is 4.87. The summed E-state index contributed by atoms with van der Waals surface area (Å²) >= 11 is 0. The lowest BCUT2D eigenvalue weighted by Gasteiger charge is -2.21. The fourth-order valence-corrected chi connectivity index (χ4v) is 3.11. The Morgan fingerprint density at radius 1 is 0.583 bits per heavy atom. The molecule has 0 saturated carbocycles. The van der Waals surface area contributed by atoms with Crippen LogP contribution >= 0.6 is 0 Å². The van der Waals surface area contributed by atoms with Crippen molar-refractivity contribution in [3.8, 4) is 0 Å². The van der Waals surface area contributed by atoms with Gasteiger partial charge in [0.05, 0.1) is 6.04 Å². The molecule has 0 aromatic heterocycles. The summed E-state index contributed by atoms with van der Waals surface area (Å²) in [5, 5.41) is 26.7. The highest BCUT2D eigenvalue weighted by molar-refractivity contribution is 4.68. The van der Waals surface area contributed by atoms with E-state index in [4.69, 9.17) is 21.1 Å². The van der Waals surface area contributed by atoms with E-state index in [9.17, 15) is 0 Å². The maximum absolute atomic E-state index is 8.90. The summed E-state index contributed by atoms with van der Waals surface area (Å²) in [4.78, 5) is 0. The largest absolute Gasteiger partial charge is 0.342 e. The third kappa shape index (κ3) is 16.7. The molecule has 1 unspecified atom stereocenters. The monoisotopic (exact) mass is 345 g/mol. The maximum Gasteiger partial charge on any atom is 0.291 e. The zero-order chi connectivity index (χ0) is 18.1. The quantitative estimate of drug-likeness (QED) is 0.216. The second-order valence-electron chi connectivity index (χ2n) is 7.39. The van der Waals surface area contributed by atoms with E-state index in [1.807, 2.05) is 0 Å². The number of aliphatic hydroxyl groups is 3. The lowest BCUT2D eigenvalue weighted by molar-refractivity contribution is -0.323. The van der Waals surface area contributed by atoms with Crippen molar-refractivity contribution in [2.45, 2.75) is 128 Å². The Hall–Kier alpha value is -0.160. The molecule has 0 bridgehead atoms. The van der Waals surface area contributed by atoms with E-state index >= 15 is 0 Å². The fourth-order valence-electron chi connectivity index (χ4n) is 3.11. The van der Waals surface area contributed by atoms with E-state index in [1.54, 1.807) is 0 Å². The van der Waals surface area contributed by atoms with Crippen LogP contribution in [-0.2, 0) is 0 Å². The molecule has 0 fully saturated rings. The van der Waals surface area contributed by atoms with E-state index < -0.39 is 12.0 Å². The van der Waals surface area contributed by atoms with Crippen molar-refractivity contribution in [3.05, 3.63) is 0 Å². The summed E-state index contributed by atoms with van der Waals surface area (Å²) in [5.41, 5.74) is 5.46. The molecule has 0 rings (SSSR count). The molecule has 0 radical (unpaired) electrons. The Labute approximate surface area is 149 Å². The van der Waals surface area contributed by atoms with Crippen molar-refractivity contribution in [2.24, 2.45) is 5.73 Å². The van der Waals surface area contributed by atoms with Crippen molar-refractivity contribution >= 4 is 0 Å².